The monoisotopic (exact) mass is 388 g/mol. The first-order valence-electron chi connectivity index (χ1n) is 9.95. The maximum Gasteiger partial charge on any atom is 0.238 e. The summed E-state index contributed by atoms with van der Waals surface area (Å²) in [6.07, 6.45) is 11.2. The molecule has 0 aliphatic rings. The molecule has 0 fully saturated rings. The van der Waals surface area contributed by atoms with E-state index in [0.29, 0.717) is 6.42 Å². The van der Waals surface area contributed by atoms with Crippen LogP contribution in [0.2, 0.25) is 0 Å². The van der Waals surface area contributed by atoms with Crippen molar-refractivity contribution in [2.75, 3.05) is 0 Å². The third kappa shape index (κ3) is 5.88. The van der Waals surface area contributed by atoms with Crippen molar-refractivity contribution in [2.24, 2.45) is 5.14 Å². The van der Waals surface area contributed by atoms with E-state index in [1.165, 1.54) is 25.7 Å². The molecule has 2 N–H and O–H groups in total. The van der Waals surface area contributed by atoms with Gasteiger partial charge in [0.2, 0.25) is 10.0 Å². The zero-order valence-electron chi connectivity index (χ0n) is 16.7. The van der Waals surface area contributed by atoms with Crippen LogP contribution in [0.1, 0.15) is 76.3 Å². The second kappa shape index (κ2) is 10.00. The highest BCUT2D eigenvalue weighted by atomic mass is 32.2. The largest absolute Gasteiger partial charge is 0.264 e. The van der Waals surface area contributed by atoms with Crippen molar-refractivity contribution >= 4 is 10.0 Å². The van der Waals surface area contributed by atoms with Gasteiger partial charge < -0.3 is 0 Å². The van der Waals surface area contributed by atoms with Crippen LogP contribution in [0.4, 0.5) is 0 Å². The molecule has 0 saturated carbocycles. The van der Waals surface area contributed by atoms with E-state index in [0.717, 1.165) is 35.1 Å². The summed E-state index contributed by atoms with van der Waals surface area (Å²) in [5, 5.41) is 5.56. The number of unbranched alkanes of at least 4 members (excludes halogenated alkanes) is 5. The molecule has 2 aromatic rings. The van der Waals surface area contributed by atoms with Gasteiger partial charge in [0, 0.05) is 18.0 Å². The van der Waals surface area contributed by atoms with Crippen LogP contribution in [-0.2, 0) is 16.4 Å². The van der Waals surface area contributed by atoms with Gasteiger partial charge in [0.05, 0.1) is 4.90 Å². The lowest BCUT2D eigenvalue weighted by Gasteiger charge is -2.20. The summed E-state index contributed by atoms with van der Waals surface area (Å²) < 4.78 is 24.5. The number of benzene rings is 1. The van der Waals surface area contributed by atoms with E-state index in [9.17, 15) is 8.42 Å². The molecule has 4 nitrogen and oxygen atoms in total. The van der Waals surface area contributed by atoms with E-state index in [4.69, 9.17) is 5.14 Å². The van der Waals surface area contributed by atoms with Crippen LogP contribution in [0.5, 0.6) is 0 Å². The van der Waals surface area contributed by atoms with Gasteiger partial charge in [0.1, 0.15) is 0 Å². The van der Waals surface area contributed by atoms with Crippen LogP contribution < -0.4 is 5.14 Å². The van der Waals surface area contributed by atoms with Crippen LogP contribution in [0.15, 0.2) is 41.6 Å². The van der Waals surface area contributed by atoms with Crippen molar-refractivity contribution in [3.8, 4) is 11.1 Å². The van der Waals surface area contributed by atoms with Crippen LogP contribution in [0.3, 0.4) is 0 Å². The Labute approximate surface area is 164 Å². The average molecular weight is 389 g/mol. The first kappa shape index (κ1) is 21.6. The highest BCUT2D eigenvalue weighted by molar-refractivity contribution is 7.89. The number of hydrogen-bond acceptors (Lipinski definition) is 3. The van der Waals surface area contributed by atoms with Crippen molar-refractivity contribution < 1.29 is 8.42 Å². The maximum absolute atomic E-state index is 12.3. The highest BCUT2D eigenvalue weighted by Gasteiger charge is 2.22. The third-order valence-corrected chi connectivity index (χ3v) is 5.96. The molecule has 0 aliphatic carbocycles. The van der Waals surface area contributed by atoms with Crippen LogP contribution in [-0.4, -0.2) is 13.4 Å². The Balaban J connectivity index is 2.47. The minimum atomic E-state index is -3.78. The third-order valence-electron chi connectivity index (χ3n) is 4.96. The molecule has 0 spiro atoms. The van der Waals surface area contributed by atoms with Gasteiger partial charge in [0.15, 0.2) is 0 Å². The van der Waals surface area contributed by atoms with Crippen LogP contribution >= 0.6 is 0 Å². The van der Waals surface area contributed by atoms with E-state index in [2.05, 4.69) is 25.8 Å². The zero-order chi connectivity index (χ0) is 19.9. The van der Waals surface area contributed by atoms with Crippen LogP contribution in [0, 0.1) is 0 Å². The Bertz CT molecular complexity index is 831. The van der Waals surface area contributed by atoms with Crippen molar-refractivity contribution in [2.45, 2.75) is 76.5 Å². The van der Waals surface area contributed by atoms with Gasteiger partial charge in [-0.05, 0) is 47.6 Å². The summed E-state index contributed by atoms with van der Waals surface area (Å²) in [6, 6.07) is 7.46. The quantitative estimate of drug-likeness (QED) is 0.552. The molecule has 27 heavy (non-hydrogen) atoms. The fourth-order valence-corrected chi connectivity index (χ4v) is 4.38. The molecule has 1 aromatic heterocycles. The molecule has 1 heterocycles. The van der Waals surface area contributed by atoms with E-state index in [1.54, 1.807) is 18.5 Å². The van der Waals surface area contributed by atoms with Gasteiger partial charge in [-0.25, -0.2) is 13.6 Å². The SMILES string of the molecule is CCCCCCCCc1c(S(N)(=O)=O)ccc(C(C)C)c1-c1cccnc1. The second-order valence-corrected chi connectivity index (χ2v) is 9.00. The molecular weight excluding hydrogens is 356 g/mol. The molecule has 1 aromatic carbocycles. The smallest absolute Gasteiger partial charge is 0.238 e. The van der Waals surface area contributed by atoms with Crippen molar-refractivity contribution in [1.82, 2.24) is 4.98 Å². The molecule has 0 bridgehead atoms. The van der Waals surface area contributed by atoms with Gasteiger partial charge >= 0.3 is 0 Å². The van der Waals surface area contributed by atoms with Gasteiger partial charge in [-0.3, -0.25) is 4.98 Å². The summed E-state index contributed by atoms with van der Waals surface area (Å²) >= 11 is 0. The minimum absolute atomic E-state index is 0.249. The molecule has 5 heteroatoms. The summed E-state index contributed by atoms with van der Waals surface area (Å²) in [5.41, 5.74) is 3.91. The first-order valence-corrected chi connectivity index (χ1v) is 11.5. The molecule has 0 amide bonds. The maximum atomic E-state index is 12.3. The molecule has 0 atom stereocenters. The Morgan fingerprint density at radius 1 is 1.04 bits per heavy atom. The minimum Gasteiger partial charge on any atom is -0.264 e. The number of aromatic nitrogens is 1. The van der Waals surface area contributed by atoms with E-state index in [-0.39, 0.29) is 10.8 Å². The van der Waals surface area contributed by atoms with Crippen molar-refractivity contribution in [3.63, 3.8) is 0 Å². The molecule has 0 saturated heterocycles. The number of nitrogens with two attached hydrogens (primary N) is 1. The number of nitrogens with zero attached hydrogens (tertiary/aromatic N) is 1. The Morgan fingerprint density at radius 3 is 2.33 bits per heavy atom. The zero-order valence-corrected chi connectivity index (χ0v) is 17.6. The van der Waals surface area contributed by atoms with E-state index >= 15 is 0 Å². The fourth-order valence-electron chi connectivity index (χ4n) is 3.58. The van der Waals surface area contributed by atoms with Crippen molar-refractivity contribution in [1.29, 1.82) is 0 Å². The van der Waals surface area contributed by atoms with Gasteiger partial charge in [-0.1, -0.05) is 65.0 Å². The normalized spacial score (nSPS) is 11.9. The standard InChI is InChI=1S/C22H32N2O2S/c1-4-5-6-7-8-9-12-20-21(27(23,25)26)14-13-19(17(2)3)22(20)18-11-10-15-24-16-18/h10-11,13-17H,4-9,12H2,1-3H3,(H2,23,25,26). The number of rotatable bonds is 10. The summed E-state index contributed by atoms with van der Waals surface area (Å²) in [6.45, 7) is 6.46. The van der Waals surface area contributed by atoms with Gasteiger partial charge in [-0.15, -0.1) is 0 Å². The Morgan fingerprint density at radius 2 is 1.74 bits per heavy atom. The van der Waals surface area contributed by atoms with Gasteiger partial charge in [-0.2, -0.15) is 0 Å². The number of pyridine rings is 1. The predicted octanol–water partition coefficient (Wildman–Crippen LogP) is 5.42. The fraction of sp³-hybridized carbons (Fsp3) is 0.500. The molecule has 148 valence electrons. The lowest BCUT2D eigenvalue weighted by molar-refractivity contribution is 0.591. The lowest BCUT2D eigenvalue weighted by atomic mass is 9.87. The van der Waals surface area contributed by atoms with Crippen LogP contribution in [0.25, 0.3) is 11.1 Å². The van der Waals surface area contributed by atoms with E-state index < -0.39 is 10.0 Å². The predicted molar refractivity (Wildman–Crippen MR) is 112 cm³/mol. The lowest BCUT2D eigenvalue weighted by Crippen LogP contribution is -2.16. The molecule has 0 aliphatic heterocycles. The Kier molecular flexibility index (Phi) is 7.99. The topological polar surface area (TPSA) is 73.1 Å². The Hall–Kier alpha value is -1.72. The van der Waals surface area contributed by atoms with Gasteiger partial charge in [0.25, 0.3) is 0 Å². The average Bonchev–Trinajstić information content (AvgIpc) is 2.63. The molecule has 0 unspecified atom stereocenters. The molecular formula is C22H32N2O2S. The molecule has 2 rings (SSSR count). The first-order chi connectivity index (χ1) is 12.9. The van der Waals surface area contributed by atoms with E-state index in [1.807, 2.05) is 18.2 Å². The summed E-state index contributed by atoms with van der Waals surface area (Å²) in [7, 11) is -3.78. The highest BCUT2D eigenvalue weighted by Crippen LogP contribution is 2.36. The molecule has 0 radical (unpaired) electrons. The summed E-state index contributed by atoms with van der Waals surface area (Å²) in [5.74, 6) is 0.276. The number of sulfonamides is 1. The second-order valence-electron chi connectivity index (χ2n) is 7.47. The summed E-state index contributed by atoms with van der Waals surface area (Å²) in [4.78, 5) is 4.49. The van der Waals surface area contributed by atoms with Crippen molar-refractivity contribution in [3.05, 3.63) is 47.8 Å². The number of primary sulfonamides is 1. The number of hydrogen-bond donors (Lipinski definition) is 1.